The van der Waals surface area contributed by atoms with Crippen LogP contribution in [0.5, 0.6) is 0 Å². The minimum absolute atomic E-state index is 0.0276. The summed E-state index contributed by atoms with van der Waals surface area (Å²) < 4.78 is 44.7. The Morgan fingerprint density at radius 2 is 1.75 bits per heavy atom. The molecule has 5 nitrogen and oxygen atoms in total. The molecule has 128 valence electrons. The van der Waals surface area contributed by atoms with E-state index in [1.54, 1.807) is 0 Å². The van der Waals surface area contributed by atoms with E-state index in [0.29, 0.717) is 10.6 Å². The van der Waals surface area contributed by atoms with Crippen molar-refractivity contribution in [2.45, 2.75) is 17.4 Å². The van der Waals surface area contributed by atoms with Crippen LogP contribution in [0.4, 0.5) is 4.39 Å². The molecule has 0 aromatic heterocycles. The Labute approximate surface area is 144 Å². The summed E-state index contributed by atoms with van der Waals surface area (Å²) in [6, 6.07) is 9.81. The summed E-state index contributed by atoms with van der Waals surface area (Å²) in [5.41, 5.74) is 0.589. The number of carbonyl (C=O) groups excluding carboxylic acids is 1. The lowest BCUT2D eigenvalue weighted by atomic mass is 10.1. The van der Waals surface area contributed by atoms with Crippen LogP contribution in [0.15, 0.2) is 53.4 Å². The van der Waals surface area contributed by atoms with E-state index in [9.17, 15) is 17.6 Å². The summed E-state index contributed by atoms with van der Waals surface area (Å²) in [6.45, 7) is 0. The summed E-state index contributed by atoms with van der Waals surface area (Å²) in [6.07, 6.45) is 0.0276. The summed E-state index contributed by atoms with van der Waals surface area (Å²) in [5.74, 6) is -1.16. The maximum absolute atomic E-state index is 13.0. The largest absolute Gasteiger partial charge is 0.468 e. The third-order valence-electron chi connectivity index (χ3n) is 3.26. The molecule has 0 spiro atoms. The molecule has 0 amide bonds. The number of esters is 1. The maximum atomic E-state index is 13.0. The van der Waals surface area contributed by atoms with Crippen LogP contribution in [-0.2, 0) is 26.0 Å². The first-order valence-corrected chi connectivity index (χ1v) is 8.78. The summed E-state index contributed by atoms with van der Waals surface area (Å²) >= 11 is 5.74. The van der Waals surface area contributed by atoms with Gasteiger partial charge in [0.15, 0.2) is 0 Å². The number of ether oxygens (including phenoxy) is 1. The smallest absolute Gasteiger partial charge is 0.324 e. The van der Waals surface area contributed by atoms with E-state index in [4.69, 9.17) is 11.6 Å². The van der Waals surface area contributed by atoms with E-state index in [2.05, 4.69) is 9.46 Å². The Balaban J connectivity index is 2.23. The first kappa shape index (κ1) is 18.4. The molecule has 8 heteroatoms. The normalized spacial score (nSPS) is 12.6. The molecule has 2 rings (SSSR count). The summed E-state index contributed by atoms with van der Waals surface area (Å²) in [5, 5.41) is 0.393. The molecule has 1 unspecified atom stereocenters. The minimum atomic E-state index is -3.94. The fourth-order valence-electron chi connectivity index (χ4n) is 2.04. The van der Waals surface area contributed by atoms with E-state index < -0.39 is 27.9 Å². The van der Waals surface area contributed by atoms with Crippen LogP contribution in [0.25, 0.3) is 0 Å². The number of halogens is 2. The van der Waals surface area contributed by atoms with Gasteiger partial charge in [-0.15, -0.1) is 0 Å². The number of methoxy groups -OCH3 is 1. The first-order chi connectivity index (χ1) is 11.3. The van der Waals surface area contributed by atoms with Gasteiger partial charge in [0.05, 0.1) is 12.0 Å². The number of sulfonamides is 1. The maximum Gasteiger partial charge on any atom is 0.324 e. The molecule has 2 aromatic rings. The Hall–Kier alpha value is -1.96. The second kappa shape index (κ2) is 7.74. The van der Waals surface area contributed by atoms with Crippen LogP contribution < -0.4 is 4.72 Å². The second-order valence-corrected chi connectivity index (χ2v) is 7.13. The fourth-order valence-corrected chi connectivity index (χ4v) is 3.35. The number of nitrogens with one attached hydrogen (secondary N) is 1. The van der Waals surface area contributed by atoms with Crippen LogP contribution in [0.2, 0.25) is 5.02 Å². The highest BCUT2D eigenvalue weighted by molar-refractivity contribution is 7.89. The van der Waals surface area contributed by atoms with Crippen molar-refractivity contribution in [2.24, 2.45) is 0 Å². The highest BCUT2D eigenvalue weighted by atomic mass is 35.5. The number of benzene rings is 2. The van der Waals surface area contributed by atoms with Crippen molar-refractivity contribution in [3.63, 3.8) is 0 Å². The molecule has 1 N–H and O–H groups in total. The molecule has 0 aliphatic rings. The SMILES string of the molecule is COC(=O)C(Cc1ccc(F)cc1)NS(=O)(=O)c1ccc(Cl)cc1. The van der Waals surface area contributed by atoms with Crippen LogP contribution >= 0.6 is 11.6 Å². The standard InChI is InChI=1S/C16H15ClFNO4S/c1-23-16(20)15(10-11-2-6-13(18)7-3-11)19-24(21,22)14-8-4-12(17)5-9-14/h2-9,15,19H,10H2,1H3. The molecule has 0 bridgehead atoms. The number of carbonyl (C=O) groups is 1. The molecular weight excluding hydrogens is 357 g/mol. The summed E-state index contributed by atoms with van der Waals surface area (Å²) in [4.78, 5) is 11.9. The van der Waals surface area contributed by atoms with Gasteiger partial charge in [0.1, 0.15) is 11.9 Å². The van der Waals surface area contributed by atoms with Crippen molar-refractivity contribution in [1.82, 2.24) is 4.72 Å². The van der Waals surface area contributed by atoms with Gasteiger partial charge in [-0.25, -0.2) is 12.8 Å². The molecule has 2 aromatic carbocycles. The van der Waals surface area contributed by atoms with E-state index in [1.165, 1.54) is 48.5 Å². The number of hydrogen-bond acceptors (Lipinski definition) is 4. The zero-order valence-corrected chi connectivity index (χ0v) is 14.3. The predicted molar refractivity (Wildman–Crippen MR) is 87.7 cm³/mol. The summed E-state index contributed by atoms with van der Waals surface area (Å²) in [7, 11) is -2.78. The quantitative estimate of drug-likeness (QED) is 0.792. The average molecular weight is 372 g/mol. The van der Waals surface area contributed by atoms with Crippen LogP contribution in [0.3, 0.4) is 0 Å². The van der Waals surface area contributed by atoms with Gasteiger partial charge >= 0.3 is 5.97 Å². The van der Waals surface area contributed by atoms with Crippen molar-refractivity contribution in [2.75, 3.05) is 7.11 Å². The van der Waals surface area contributed by atoms with Crippen molar-refractivity contribution in [1.29, 1.82) is 0 Å². The molecule has 0 aliphatic heterocycles. The van der Waals surface area contributed by atoms with Gasteiger partial charge in [-0.1, -0.05) is 23.7 Å². The predicted octanol–water partition coefficient (Wildman–Crippen LogP) is 2.54. The van der Waals surface area contributed by atoms with Gasteiger partial charge in [-0.3, -0.25) is 4.79 Å². The zero-order valence-electron chi connectivity index (χ0n) is 12.7. The lowest BCUT2D eigenvalue weighted by Gasteiger charge is -2.17. The third kappa shape index (κ3) is 4.77. The minimum Gasteiger partial charge on any atom is -0.468 e. The second-order valence-electron chi connectivity index (χ2n) is 4.98. The molecule has 0 saturated heterocycles. The lowest BCUT2D eigenvalue weighted by molar-refractivity contribution is -0.142. The van der Waals surface area contributed by atoms with E-state index >= 15 is 0 Å². The molecule has 0 saturated carbocycles. The average Bonchev–Trinajstić information content (AvgIpc) is 2.55. The van der Waals surface area contributed by atoms with Crippen LogP contribution in [-0.4, -0.2) is 27.5 Å². The molecule has 0 fully saturated rings. The van der Waals surface area contributed by atoms with Crippen molar-refractivity contribution < 1.29 is 22.3 Å². The van der Waals surface area contributed by atoms with Crippen molar-refractivity contribution in [3.8, 4) is 0 Å². The third-order valence-corrected chi connectivity index (χ3v) is 5.00. The molecule has 1 atom stereocenters. The number of rotatable bonds is 6. The van der Waals surface area contributed by atoms with Gasteiger partial charge in [0.2, 0.25) is 10.0 Å². The Kier molecular flexibility index (Phi) is 5.93. The van der Waals surface area contributed by atoms with Gasteiger partial charge in [-0.05, 0) is 48.4 Å². The fraction of sp³-hybridized carbons (Fsp3) is 0.188. The highest BCUT2D eigenvalue weighted by Crippen LogP contribution is 2.15. The molecular formula is C16H15ClFNO4S. The molecule has 0 heterocycles. The van der Waals surface area contributed by atoms with E-state index in [0.717, 1.165) is 7.11 Å². The Morgan fingerprint density at radius 1 is 1.17 bits per heavy atom. The molecule has 0 radical (unpaired) electrons. The Morgan fingerprint density at radius 3 is 2.29 bits per heavy atom. The monoisotopic (exact) mass is 371 g/mol. The lowest BCUT2D eigenvalue weighted by Crippen LogP contribution is -2.42. The van der Waals surface area contributed by atoms with Gasteiger partial charge in [0.25, 0.3) is 0 Å². The van der Waals surface area contributed by atoms with Crippen LogP contribution in [0.1, 0.15) is 5.56 Å². The first-order valence-electron chi connectivity index (χ1n) is 6.92. The Bertz CT molecular complexity index is 807. The van der Waals surface area contributed by atoms with E-state index in [-0.39, 0.29) is 11.3 Å². The number of hydrogen-bond donors (Lipinski definition) is 1. The van der Waals surface area contributed by atoms with Crippen LogP contribution in [0, 0.1) is 5.82 Å². The zero-order chi connectivity index (χ0) is 17.7. The molecule has 0 aliphatic carbocycles. The van der Waals surface area contributed by atoms with Gasteiger partial charge in [0, 0.05) is 5.02 Å². The molecule has 24 heavy (non-hydrogen) atoms. The topological polar surface area (TPSA) is 72.5 Å². The van der Waals surface area contributed by atoms with Crippen molar-refractivity contribution >= 4 is 27.6 Å². The van der Waals surface area contributed by atoms with Crippen molar-refractivity contribution in [3.05, 3.63) is 64.9 Å². The van der Waals surface area contributed by atoms with E-state index in [1.807, 2.05) is 0 Å². The van der Waals surface area contributed by atoms with Gasteiger partial charge in [-0.2, -0.15) is 4.72 Å². The highest BCUT2D eigenvalue weighted by Gasteiger charge is 2.26. The van der Waals surface area contributed by atoms with Gasteiger partial charge < -0.3 is 4.74 Å².